The van der Waals surface area contributed by atoms with Crippen LogP contribution in [0, 0.1) is 0 Å². The van der Waals surface area contributed by atoms with Gasteiger partial charge in [-0.15, -0.1) is 0 Å². The number of hydrogen-bond acceptors (Lipinski definition) is 5. The van der Waals surface area contributed by atoms with Gasteiger partial charge in [-0.05, 0) is 41.8 Å². The minimum atomic E-state index is -0.183. The first-order valence-electron chi connectivity index (χ1n) is 9.19. The molecule has 0 radical (unpaired) electrons. The molecule has 6 heteroatoms. The van der Waals surface area contributed by atoms with Crippen molar-refractivity contribution in [3.05, 3.63) is 77.6 Å². The molecule has 0 fully saturated rings. The highest BCUT2D eigenvalue weighted by atomic mass is 16.7. The summed E-state index contributed by atoms with van der Waals surface area (Å²) >= 11 is 0. The minimum absolute atomic E-state index is 0.183. The molecule has 1 amide bonds. The zero-order chi connectivity index (χ0) is 19.3. The van der Waals surface area contributed by atoms with Crippen LogP contribution in [0.25, 0.3) is 0 Å². The molecule has 6 nitrogen and oxygen atoms in total. The summed E-state index contributed by atoms with van der Waals surface area (Å²) in [6, 6.07) is 15.5. The lowest BCUT2D eigenvalue weighted by molar-refractivity contribution is 0.0950. The van der Waals surface area contributed by atoms with Gasteiger partial charge in [-0.25, -0.2) is 0 Å². The third kappa shape index (κ3) is 3.91. The molecule has 0 unspecified atom stereocenters. The molecule has 0 bridgehead atoms. The van der Waals surface area contributed by atoms with Gasteiger partial charge in [-0.1, -0.05) is 31.2 Å². The summed E-state index contributed by atoms with van der Waals surface area (Å²) in [7, 11) is 0. The highest BCUT2D eigenvalue weighted by Gasteiger charge is 2.14. The third-order valence-electron chi connectivity index (χ3n) is 4.57. The van der Waals surface area contributed by atoms with Crippen molar-refractivity contribution in [2.45, 2.75) is 19.9 Å². The van der Waals surface area contributed by atoms with Crippen molar-refractivity contribution in [2.75, 3.05) is 12.1 Å². The Bertz CT molecular complexity index is 1000. The van der Waals surface area contributed by atoms with Crippen molar-refractivity contribution >= 4 is 17.3 Å². The highest BCUT2D eigenvalue weighted by molar-refractivity contribution is 5.94. The number of para-hydroxylation sites is 1. The lowest BCUT2D eigenvalue weighted by atomic mass is 10.1. The molecule has 0 atom stereocenters. The van der Waals surface area contributed by atoms with E-state index < -0.39 is 0 Å². The van der Waals surface area contributed by atoms with Crippen LogP contribution >= 0.6 is 0 Å². The van der Waals surface area contributed by atoms with Crippen molar-refractivity contribution in [3.8, 4) is 11.5 Å². The van der Waals surface area contributed by atoms with Crippen LogP contribution in [0.3, 0.4) is 0 Å². The first-order valence-corrected chi connectivity index (χ1v) is 9.19. The summed E-state index contributed by atoms with van der Waals surface area (Å²) in [6.07, 6.45) is 4.19. The van der Waals surface area contributed by atoms with Gasteiger partial charge in [-0.2, -0.15) is 0 Å². The van der Waals surface area contributed by atoms with Gasteiger partial charge >= 0.3 is 0 Å². The van der Waals surface area contributed by atoms with Gasteiger partial charge in [0.15, 0.2) is 11.5 Å². The number of fused-ring (bicyclic) bond motifs is 1. The molecule has 2 aromatic carbocycles. The second-order valence-corrected chi connectivity index (χ2v) is 6.47. The number of anilines is 2. The second-order valence-electron chi connectivity index (χ2n) is 6.47. The molecule has 0 aliphatic carbocycles. The molecule has 1 aromatic heterocycles. The molecule has 28 heavy (non-hydrogen) atoms. The average Bonchev–Trinajstić information content (AvgIpc) is 3.20. The summed E-state index contributed by atoms with van der Waals surface area (Å²) in [5, 5.41) is 6.26. The fourth-order valence-electron chi connectivity index (χ4n) is 3.07. The Morgan fingerprint density at radius 3 is 2.82 bits per heavy atom. The number of hydrogen-bond donors (Lipinski definition) is 2. The van der Waals surface area contributed by atoms with Gasteiger partial charge < -0.3 is 20.1 Å². The van der Waals surface area contributed by atoms with Gasteiger partial charge in [0, 0.05) is 18.4 Å². The molecule has 0 spiro atoms. The van der Waals surface area contributed by atoms with Gasteiger partial charge in [0.2, 0.25) is 6.79 Å². The summed E-state index contributed by atoms with van der Waals surface area (Å²) in [5.41, 5.74) is 4.44. The predicted molar refractivity (Wildman–Crippen MR) is 107 cm³/mol. The lowest BCUT2D eigenvalue weighted by Crippen LogP contribution is -2.23. The van der Waals surface area contributed by atoms with E-state index >= 15 is 0 Å². The van der Waals surface area contributed by atoms with Gasteiger partial charge in [0.1, 0.15) is 0 Å². The Morgan fingerprint density at radius 1 is 1.07 bits per heavy atom. The van der Waals surface area contributed by atoms with E-state index in [0.717, 1.165) is 29.1 Å². The number of pyridine rings is 1. The van der Waals surface area contributed by atoms with Crippen LogP contribution in [-0.2, 0) is 13.0 Å². The molecule has 1 aliphatic heterocycles. The van der Waals surface area contributed by atoms with E-state index in [1.54, 1.807) is 18.5 Å². The topological polar surface area (TPSA) is 72.5 Å². The highest BCUT2D eigenvalue weighted by Crippen LogP contribution is 2.32. The maximum Gasteiger partial charge on any atom is 0.253 e. The summed E-state index contributed by atoms with van der Waals surface area (Å²) < 4.78 is 10.7. The maximum atomic E-state index is 12.5. The van der Waals surface area contributed by atoms with Crippen molar-refractivity contribution in [2.24, 2.45) is 0 Å². The van der Waals surface area contributed by atoms with Crippen LogP contribution in [0.1, 0.15) is 28.4 Å². The first-order chi connectivity index (χ1) is 13.7. The minimum Gasteiger partial charge on any atom is -0.454 e. The number of rotatable bonds is 6. The van der Waals surface area contributed by atoms with Gasteiger partial charge in [-0.3, -0.25) is 9.78 Å². The zero-order valence-corrected chi connectivity index (χ0v) is 15.6. The normalized spacial score (nSPS) is 11.9. The van der Waals surface area contributed by atoms with Crippen LogP contribution in [-0.4, -0.2) is 17.7 Å². The molecule has 1 aliphatic rings. The predicted octanol–water partition coefficient (Wildman–Crippen LogP) is 4.05. The molecule has 2 N–H and O–H groups in total. The Labute approximate surface area is 163 Å². The average molecular weight is 375 g/mol. The fraction of sp³-hybridized carbons (Fsp3) is 0.182. The number of aromatic nitrogens is 1. The summed E-state index contributed by atoms with van der Waals surface area (Å²) in [5.74, 6) is 1.25. The monoisotopic (exact) mass is 375 g/mol. The van der Waals surface area contributed by atoms with E-state index in [2.05, 4.69) is 28.6 Å². The number of amides is 1. The van der Waals surface area contributed by atoms with Crippen LogP contribution < -0.4 is 20.1 Å². The Hall–Kier alpha value is -3.54. The Balaban J connectivity index is 1.43. The van der Waals surface area contributed by atoms with Crippen LogP contribution in [0.2, 0.25) is 0 Å². The quantitative estimate of drug-likeness (QED) is 0.680. The van der Waals surface area contributed by atoms with E-state index in [9.17, 15) is 4.79 Å². The van der Waals surface area contributed by atoms with Crippen LogP contribution in [0.15, 0.2) is 60.9 Å². The van der Waals surface area contributed by atoms with Crippen molar-refractivity contribution in [1.29, 1.82) is 0 Å². The van der Waals surface area contributed by atoms with Crippen molar-refractivity contribution in [3.63, 3.8) is 0 Å². The van der Waals surface area contributed by atoms with E-state index in [4.69, 9.17) is 9.47 Å². The first kappa shape index (κ1) is 17.9. The number of carbonyl (C=O) groups excluding carboxylic acids is 1. The van der Waals surface area contributed by atoms with E-state index in [1.165, 1.54) is 5.56 Å². The van der Waals surface area contributed by atoms with Crippen LogP contribution in [0.5, 0.6) is 11.5 Å². The van der Waals surface area contributed by atoms with E-state index in [0.29, 0.717) is 17.9 Å². The van der Waals surface area contributed by atoms with Gasteiger partial charge in [0.25, 0.3) is 5.91 Å². The second kappa shape index (κ2) is 8.00. The largest absolute Gasteiger partial charge is 0.454 e. The molecular formula is C22H21N3O3. The van der Waals surface area contributed by atoms with Crippen molar-refractivity contribution < 1.29 is 14.3 Å². The SMILES string of the molecule is CCc1ccccc1Nc1cncc(C(=O)NCc2ccc3c(c2)OCO3)c1. The number of carbonyl (C=O) groups is 1. The molecular weight excluding hydrogens is 354 g/mol. The number of nitrogens with zero attached hydrogens (tertiary/aromatic N) is 1. The number of benzene rings is 2. The Kier molecular flexibility index (Phi) is 5.10. The number of nitrogens with one attached hydrogen (secondary N) is 2. The molecule has 142 valence electrons. The molecule has 3 aromatic rings. The third-order valence-corrected chi connectivity index (χ3v) is 4.57. The van der Waals surface area contributed by atoms with Gasteiger partial charge in [0.05, 0.1) is 17.4 Å². The smallest absolute Gasteiger partial charge is 0.253 e. The van der Waals surface area contributed by atoms with Crippen molar-refractivity contribution in [1.82, 2.24) is 10.3 Å². The van der Waals surface area contributed by atoms with E-state index in [-0.39, 0.29) is 12.7 Å². The number of ether oxygens (including phenoxy) is 2. The molecule has 0 saturated carbocycles. The molecule has 0 saturated heterocycles. The lowest BCUT2D eigenvalue weighted by Gasteiger charge is -2.12. The fourth-order valence-corrected chi connectivity index (χ4v) is 3.07. The summed E-state index contributed by atoms with van der Waals surface area (Å²) in [4.78, 5) is 16.7. The van der Waals surface area contributed by atoms with E-state index in [1.807, 2.05) is 36.4 Å². The Morgan fingerprint density at radius 2 is 1.93 bits per heavy atom. The molecule has 2 heterocycles. The molecule has 4 rings (SSSR count). The number of aryl methyl sites for hydroxylation is 1. The maximum absolute atomic E-state index is 12.5. The summed E-state index contributed by atoms with van der Waals surface area (Å²) in [6.45, 7) is 2.74. The van der Waals surface area contributed by atoms with Crippen LogP contribution in [0.4, 0.5) is 11.4 Å². The standard InChI is InChI=1S/C22H21N3O3/c1-2-16-5-3-4-6-19(16)25-18-10-17(12-23-13-18)22(26)24-11-15-7-8-20-21(9-15)28-14-27-20/h3-10,12-13,25H,2,11,14H2,1H3,(H,24,26). The zero-order valence-electron chi connectivity index (χ0n) is 15.6.